The Balaban J connectivity index is 1.98. The van der Waals surface area contributed by atoms with Gasteiger partial charge in [-0.05, 0) is 56.4 Å². The van der Waals surface area contributed by atoms with Gasteiger partial charge in [-0.25, -0.2) is 0 Å². The van der Waals surface area contributed by atoms with Crippen molar-refractivity contribution in [2.24, 2.45) is 5.92 Å². The van der Waals surface area contributed by atoms with Gasteiger partial charge in [-0.3, -0.25) is 4.79 Å². The molecule has 1 saturated carbocycles. The molecule has 0 spiro atoms. The highest BCUT2D eigenvalue weighted by Crippen LogP contribution is 2.36. The Morgan fingerprint density at radius 2 is 2.04 bits per heavy atom. The quantitative estimate of drug-likeness (QED) is 0.737. The Labute approximate surface area is 144 Å². The maximum atomic E-state index is 12.8. The fourth-order valence-electron chi connectivity index (χ4n) is 3.30. The lowest BCUT2D eigenvalue weighted by atomic mass is 9.78. The molecule has 1 amide bonds. The predicted molar refractivity (Wildman–Crippen MR) is 94.4 cm³/mol. The summed E-state index contributed by atoms with van der Waals surface area (Å²) in [5.74, 6) is 1.23. The average Bonchev–Trinajstić information content (AvgIpc) is 2.57. The molecule has 2 rings (SSSR count). The van der Waals surface area contributed by atoms with E-state index in [1.807, 2.05) is 31.2 Å². The molecule has 134 valence electrons. The van der Waals surface area contributed by atoms with Crippen LogP contribution in [0.2, 0.25) is 0 Å². The number of carbonyl (C=O) groups excluding carboxylic acids is 1. The van der Waals surface area contributed by atoms with Gasteiger partial charge in [0.1, 0.15) is 18.0 Å². The van der Waals surface area contributed by atoms with Gasteiger partial charge >= 0.3 is 0 Å². The molecule has 2 atom stereocenters. The summed E-state index contributed by atoms with van der Waals surface area (Å²) in [6.45, 7) is 5.74. The summed E-state index contributed by atoms with van der Waals surface area (Å²) >= 11 is 0. The van der Waals surface area contributed by atoms with Crippen molar-refractivity contribution in [1.82, 2.24) is 0 Å². The number of carbonyl (C=O) groups is 1. The fourth-order valence-corrected chi connectivity index (χ4v) is 3.30. The van der Waals surface area contributed by atoms with Gasteiger partial charge in [0, 0.05) is 19.4 Å². The van der Waals surface area contributed by atoms with Gasteiger partial charge in [-0.1, -0.05) is 13.3 Å². The van der Waals surface area contributed by atoms with E-state index in [4.69, 9.17) is 14.2 Å². The van der Waals surface area contributed by atoms with Crippen LogP contribution in [0, 0.1) is 5.92 Å². The smallest absolute Gasteiger partial charge is 0.256 e. The van der Waals surface area contributed by atoms with Crippen LogP contribution in [0.4, 0.5) is 5.69 Å². The Hall–Kier alpha value is -1.59. The number of benzene rings is 1. The minimum Gasteiger partial charge on any atom is -0.491 e. The van der Waals surface area contributed by atoms with Gasteiger partial charge in [0.05, 0.1) is 6.61 Å². The first kappa shape index (κ1) is 18.7. The highest BCUT2D eigenvalue weighted by Gasteiger charge is 2.42. The maximum absolute atomic E-state index is 12.8. The zero-order valence-electron chi connectivity index (χ0n) is 15.0. The lowest BCUT2D eigenvalue weighted by Gasteiger charge is -2.38. The van der Waals surface area contributed by atoms with Crippen molar-refractivity contribution < 1.29 is 19.0 Å². The van der Waals surface area contributed by atoms with Crippen LogP contribution in [-0.2, 0) is 14.3 Å². The van der Waals surface area contributed by atoms with E-state index in [9.17, 15) is 4.79 Å². The molecule has 1 fully saturated rings. The minimum atomic E-state index is -0.694. The van der Waals surface area contributed by atoms with Crippen molar-refractivity contribution in [1.29, 1.82) is 0 Å². The van der Waals surface area contributed by atoms with Crippen molar-refractivity contribution >= 4 is 11.6 Å². The van der Waals surface area contributed by atoms with Gasteiger partial charge in [-0.15, -0.1) is 0 Å². The van der Waals surface area contributed by atoms with Crippen LogP contribution in [0.5, 0.6) is 5.75 Å². The minimum absolute atomic E-state index is 0.0380. The lowest BCUT2D eigenvalue weighted by molar-refractivity contribution is -0.147. The molecule has 0 saturated heterocycles. The molecule has 0 aliphatic heterocycles. The van der Waals surface area contributed by atoms with Gasteiger partial charge in [0.2, 0.25) is 0 Å². The summed E-state index contributed by atoms with van der Waals surface area (Å²) in [4.78, 5) is 12.8. The van der Waals surface area contributed by atoms with E-state index in [-0.39, 0.29) is 5.91 Å². The monoisotopic (exact) mass is 335 g/mol. The lowest BCUT2D eigenvalue weighted by Crippen LogP contribution is -2.48. The Kier molecular flexibility index (Phi) is 7.06. The number of anilines is 1. The van der Waals surface area contributed by atoms with E-state index < -0.39 is 5.60 Å². The third kappa shape index (κ3) is 4.95. The first-order chi connectivity index (χ1) is 11.6. The molecule has 5 nitrogen and oxygen atoms in total. The number of ether oxygens (including phenoxy) is 3. The topological polar surface area (TPSA) is 56.8 Å². The number of hydrogen-bond donors (Lipinski definition) is 1. The van der Waals surface area contributed by atoms with Crippen LogP contribution >= 0.6 is 0 Å². The molecular weight excluding hydrogens is 306 g/mol. The van der Waals surface area contributed by atoms with Gasteiger partial charge < -0.3 is 19.5 Å². The van der Waals surface area contributed by atoms with E-state index >= 15 is 0 Å². The summed E-state index contributed by atoms with van der Waals surface area (Å²) in [7, 11) is 1.64. The largest absolute Gasteiger partial charge is 0.491 e. The van der Waals surface area contributed by atoms with Crippen LogP contribution in [0.3, 0.4) is 0 Å². The number of rotatable bonds is 8. The molecule has 0 radical (unpaired) electrons. The Morgan fingerprint density at radius 3 is 2.67 bits per heavy atom. The number of hydrogen-bond acceptors (Lipinski definition) is 4. The van der Waals surface area contributed by atoms with Gasteiger partial charge in [-0.2, -0.15) is 0 Å². The second kappa shape index (κ2) is 9.04. The second-order valence-corrected chi connectivity index (χ2v) is 6.45. The van der Waals surface area contributed by atoms with E-state index in [1.54, 1.807) is 7.11 Å². The molecule has 1 aliphatic rings. The maximum Gasteiger partial charge on any atom is 0.256 e. The van der Waals surface area contributed by atoms with Gasteiger partial charge in [0.25, 0.3) is 5.91 Å². The average molecular weight is 335 g/mol. The molecule has 1 N–H and O–H groups in total. The van der Waals surface area contributed by atoms with Crippen LogP contribution in [-0.4, -0.2) is 38.4 Å². The first-order valence-corrected chi connectivity index (χ1v) is 8.77. The van der Waals surface area contributed by atoms with Crippen molar-refractivity contribution in [2.75, 3.05) is 32.2 Å². The highest BCUT2D eigenvalue weighted by atomic mass is 16.5. The summed E-state index contributed by atoms with van der Waals surface area (Å²) in [5, 5.41) is 3.01. The summed E-state index contributed by atoms with van der Waals surface area (Å²) in [6.07, 6.45) is 3.76. The molecule has 24 heavy (non-hydrogen) atoms. The molecule has 0 heterocycles. The first-order valence-electron chi connectivity index (χ1n) is 8.77. The van der Waals surface area contributed by atoms with Crippen LogP contribution in [0.15, 0.2) is 24.3 Å². The van der Waals surface area contributed by atoms with Crippen LogP contribution in [0.25, 0.3) is 0 Å². The van der Waals surface area contributed by atoms with Crippen molar-refractivity contribution in [3.63, 3.8) is 0 Å². The summed E-state index contributed by atoms with van der Waals surface area (Å²) < 4.78 is 16.4. The van der Waals surface area contributed by atoms with E-state index in [2.05, 4.69) is 12.2 Å². The normalized spacial score (nSPS) is 23.7. The third-order valence-corrected chi connectivity index (χ3v) is 4.46. The van der Waals surface area contributed by atoms with E-state index in [1.165, 1.54) is 0 Å². The zero-order chi connectivity index (χ0) is 17.4. The molecule has 0 aromatic heterocycles. The predicted octanol–water partition coefficient (Wildman–Crippen LogP) is 3.64. The Morgan fingerprint density at radius 1 is 1.29 bits per heavy atom. The van der Waals surface area contributed by atoms with Crippen LogP contribution < -0.4 is 10.1 Å². The summed E-state index contributed by atoms with van der Waals surface area (Å²) in [5.41, 5.74) is 0.0662. The fraction of sp³-hybridized carbons (Fsp3) is 0.632. The zero-order valence-corrected chi connectivity index (χ0v) is 15.0. The van der Waals surface area contributed by atoms with Crippen molar-refractivity contribution in [3.05, 3.63) is 24.3 Å². The van der Waals surface area contributed by atoms with Crippen molar-refractivity contribution in [3.8, 4) is 5.75 Å². The summed E-state index contributed by atoms with van der Waals surface area (Å²) in [6, 6.07) is 7.40. The molecule has 0 bridgehead atoms. The molecule has 1 aromatic rings. The molecular formula is C19H29NO4. The molecule has 1 aromatic carbocycles. The van der Waals surface area contributed by atoms with E-state index in [0.29, 0.717) is 25.7 Å². The standard InChI is InChI=1S/C19H29NO4/c1-4-24-19(11-5-6-15(2)14-19)18(21)20-16-7-9-17(10-8-16)23-13-12-22-3/h7-10,15H,4-6,11-14H2,1-3H3,(H,20,21)/t15-,19-/m1/s1. The van der Waals surface area contributed by atoms with Gasteiger partial charge in [0.15, 0.2) is 0 Å². The molecule has 0 unspecified atom stereocenters. The molecule has 1 aliphatic carbocycles. The molecule has 5 heteroatoms. The van der Waals surface area contributed by atoms with Crippen LogP contribution in [0.1, 0.15) is 39.5 Å². The SMILES string of the molecule is CCO[C@]1(C(=O)Nc2ccc(OCCOC)cc2)CCC[C@@H](C)C1. The highest BCUT2D eigenvalue weighted by molar-refractivity contribution is 5.97. The number of methoxy groups -OCH3 is 1. The Bertz CT molecular complexity index is 513. The van der Waals surface area contributed by atoms with Crippen molar-refractivity contribution in [2.45, 2.75) is 45.1 Å². The second-order valence-electron chi connectivity index (χ2n) is 6.45. The van der Waals surface area contributed by atoms with E-state index in [0.717, 1.165) is 37.1 Å². The third-order valence-electron chi connectivity index (χ3n) is 4.46. The number of nitrogens with one attached hydrogen (secondary N) is 1. The number of amides is 1.